The van der Waals surface area contributed by atoms with E-state index in [4.69, 9.17) is 0 Å². The summed E-state index contributed by atoms with van der Waals surface area (Å²) in [6.45, 7) is 2.50. The van der Waals surface area contributed by atoms with Crippen LogP contribution in [0.25, 0.3) is 0 Å². The third-order valence-electron chi connectivity index (χ3n) is 4.25. The molecule has 0 bridgehead atoms. The third-order valence-corrected chi connectivity index (χ3v) is 4.25. The summed E-state index contributed by atoms with van der Waals surface area (Å²) in [6.07, 6.45) is 1.81. The maximum absolute atomic E-state index is 13.1. The van der Waals surface area contributed by atoms with Crippen molar-refractivity contribution >= 4 is 11.8 Å². The van der Waals surface area contributed by atoms with Gasteiger partial charge < -0.3 is 15.3 Å². The van der Waals surface area contributed by atoms with Gasteiger partial charge in [-0.3, -0.25) is 9.59 Å². The Hall–Kier alpha value is -1.95. The summed E-state index contributed by atoms with van der Waals surface area (Å²) in [4.78, 5) is 25.8. The maximum atomic E-state index is 13.1. The van der Waals surface area contributed by atoms with Crippen LogP contribution >= 0.6 is 0 Å². The van der Waals surface area contributed by atoms with E-state index in [0.29, 0.717) is 12.1 Å². The standard InChI is InChI=1S/C17H23FN2O3/c1-12-5-6-14(11-21)10-20(12)17(23)9-19-16(22)8-13-3-2-4-15(18)7-13/h2-4,7,12,14,21H,5-6,8-11H2,1H3,(H,19,22). The molecule has 0 aromatic heterocycles. The van der Waals surface area contributed by atoms with Crippen molar-refractivity contribution in [3.63, 3.8) is 0 Å². The van der Waals surface area contributed by atoms with Gasteiger partial charge in [-0.05, 0) is 43.4 Å². The van der Waals surface area contributed by atoms with Gasteiger partial charge in [-0.15, -0.1) is 0 Å². The second kappa shape index (κ2) is 8.06. The van der Waals surface area contributed by atoms with Crippen molar-refractivity contribution in [2.45, 2.75) is 32.2 Å². The van der Waals surface area contributed by atoms with Crippen molar-refractivity contribution in [2.24, 2.45) is 5.92 Å². The number of hydrogen-bond acceptors (Lipinski definition) is 3. The van der Waals surface area contributed by atoms with E-state index in [9.17, 15) is 19.1 Å². The Kier molecular flexibility index (Phi) is 6.10. The fourth-order valence-electron chi connectivity index (χ4n) is 2.85. The van der Waals surface area contributed by atoms with Crippen LogP contribution in [0.1, 0.15) is 25.3 Å². The number of carbonyl (C=O) groups excluding carboxylic acids is 2. The first-order chi connectivity index (χ1) is 11.0. The summed E-state index contributed by atoms with van der Waals surface area (Å²) >= 11 is 0. The lowest BCUT2D eigenvalue weighted by molar-refractivity contribution is -0.136. The fraction of sp³-hybridized carbons (Fsp3) is 0.529. The highest BCUT2D eigenvalue weighted by molar-refractivity contribution is 5.85. The van der Waals surface area contributed by atoms with Crippen LogP contribution in [0.15, 0.2) is 24.3 Å². The van der Waals surface area contributed by atoms with Gasteiger partial charge in [0.1, 0.15) is 5.82 Å². The minimum Gasteiger partial charge on any atom is -0.396 e. The molecule has 2 unspecified atom stereocenters. The Balaban J connectivity index is 1.82. The number of rotatable bonds is 5. The van der Waals surface area contributed by atoms with Gasteiger partial charge in [-0.1, -0.05) is 12.1 Å². The summed E-state index contributed by atoms with van der Waals surface area (Å²) in [5.74, 6) is -0.739. The Morgan fingerprint density at radius 2 is 2.17 bits per heavy atom. The lowest BCUT2D eigenvalue weighted by Crippen LogP contribution is -2.50. The van der Waals surface area contributed by atoms with Crippen molar-refractivity contribution < 1.29 is 19.1 Å². The van der Waals surface area contributed by atoms with E-state index in [-0.39, 0.29) is 49.2 Å². The highest BCUT2D eigenvalue weighted by Gasteiger charge is 2.28. The molecular weight excluding hydrogens is 299 g/mol. The number of hydrogen-bond donors (Lipinski definition) is 2. The molecule has 0 saturated carbocycles. The van der Waals surface area contributed by atoms with E-state index >= 15 is 0 Å². The molecule has 1 aromatic carbocycles. The van der Waals surface area contributed by atoms with Crippen LogP contribution in [-0.4, -0.2) is 47.6 Å². The van der Waals surface area contributed by atoms with Crippen LogP contribution in [-0.2, 0) is 16.0 Å². The lowest BCUT2D eigenvalue weighted by atomic mass is 9.94. The molecule has 0 aliphatic carbocycles. The number of benzene rings is 1. The highest BCUT2D eigenvalue weighted by Crippen LogP contribution is 2.21. The Bertz CT molecular complexity index is 565. The first-order valence-electron chi connectivity index (χ1n) is 7.91. The highest BCUT2D eigenvalue weighted by atomic mass is 19.1. The van der Waals surface area contributed by atoms with Crippen LogP contribution in [0.2, 0.25) is 0 Å². The number of piperidine rings is 1. The lowest BCUT2D eigenvalue weighted by Gasteiger charge is -2.37. The van der Waals surface area contributed by atoms with Crippen molar-refractivity contribution in [1.29, 1.82) is 0 Å². The van der Waals surface area contributed by atoms with Gasteiger partial charge in [0, 0.05) is 19.2 Å². The summed E-state index contributed by atoms with van der Waals surface area (Å²) in [5.41, 5.74) is 0.571. The molecule has 126 valence electrons. The molecule has 6 heteroatoms. The fourth-order valence-corrected chi connectivity index (χ4v) is 2.85. The number of halogens is 1. The predicted octanol–water partition coefficient (Wildman–Crippen LogP) is 1.10. The molecule has 0 radical (unpaired) electrons. The number of likely N-dealkylation sites (tertiary alicyclic amines) is 1. The molecule has 2 atom stereocenters. The van der Waals surface area contributed by atoms with Gasteiger partial charge in [0.25, 0.3) is 0 Å². The molecule has 5 nitrogen and oxygen atoms in total. The topological polar surface area (TPSA) is 69.6 Å². The average Bonchev–Trinajstić information content (AvgIpc) is 2.53. The van der Waals surface area contributed by atoms with Crippen LogP contribution in [0.4, 0.5) is 4.39 Å². The Labute approximate surface area is 135 Å². The molecule has 23 heavy (non-hydrogen) atoms. The number of aliphatic hydroxyl groups is 1. The molecule has 2 N–H and O–H groups in total. The summed E-state index contributed by atoms with van der Waals surface area (Å²) in [7, 11) is 0. The van der Waals surface area contributed by atoms with Gasteiger partial charge in [-0.25, -0.2) is 4.39 Å². The Morgan fingerprint density at radius 1 is 1.39 bits per heavy atom. The quantitative estimate of drug-likeness (QED) is 0.853. The number of nitrogens with one attached hydrogen (secondary N) is 1. The zero-order valence-corrected chi connectivity index (χ0v) is 13.3. The first kappa shape index (κ1) is 17.4. The number of amides is 2. The SMILES string of the molecule is CC1CCC(CO)CN1C(=O)CNC(=O)Cc1cccc(F)c1. The van der Waals surface area contributed by atoms with Crippen molar-refractivity contribution in [3.05, 3.63) is 35.6 Å². The molecule has 1 aliphatic rings. The smallest absolute Gasteiger partial charge is 0.242 e. The van der Waals surface area contributed by atoms with Gasteiger partial charge in [0.05, 0.1) is 13.0 Å². The second-order valence-corrected chi connectivity index (χ2v) is 6.10. The average molecular weight is 322 g/mol. The van der Waals surface area contributed by atoms with E-state index in [1.165, 1.54) is 12.1 Å². The zero-order valence-electron chi connectivity index (χ0n) is 13.3. The molecule has 1 aromatic rings. The molecule has 1 saturated heterocycles. The number of aliphatic hydroxyl groups excluding tert-OH is 1. The molecule has 2 rings (SSSR count). The van der Waals surface area contributed by atoms with E-state index in [2.05, 4.69) is 5.32 Å². The third kappa shape index (κ3) is 5.03. The van der Waals surface area contributed by atoms with Crippen molar-refractivity contribution in [1.82, 2.24) is 10.2 Å². The van der Waals surface area contributed by atoms with Gasteiger partial charge in [0.2, 0.25) is 11.8 Å². The molecule has 1 heterocycles. The first-order valence-corrected chi connectivity index (χ1v) is 7.91. The summed E-state index contributed by atoms with van der Waals surface area (Å²) < 4.78 is 13.1. The van der Waals surface area contributed by atoms with Crippen LogP contribution in [0, 0.1) is 11.7 Å². The number of nitrogens with zero attached hydrogens (tertiary/aromatic N) is 1. The van der Waals surface area contributed by atoms with Gasteiger partial charge in [-0.2, -0.15) is 0 Å². The minimum absolute atomic E-state index is 0.0415. The molecule has 1 aliphatic heterocycles. The van der Waals surface area contributed by atoms with Crippen LogP contribution in [0.3, 0.4) is 0 Å². The van der Waals surface area contributed by atoms with Gasteiger partial charge >= 0.3 is 0 Å². The monoisotopic (exact) mass is 322 g/mol. The molecule has 0 spiro atoms. The Morgan fingerprint density at radius 3 is 2.87 bits per heavy atom. The largest absolute Gasteiger partial charge is 0.396 e. The van der Waals surface area contributed by atoms with Crippen molar-refractivity contribution in [2.75, 3.05) is 19.7 Å². The van der Waals surface area contributed by atoms with E-state index in [1.807, 2.05) is 6.92 Å². The second-order valence-electron chi connectivity index (χ2n) is 6.10. The van der Waals surface area contributed by atoms with Crippen LogP contribution < -0.4 is 5.32 Å². The van der Waals surface area contributed by atoms with E-state index in [0.717, 1.165) is 12.8 Å². The van der Waals surface area contributed by atoms with E-state index in [1.54, 1.807) is 17.0 Å². The number of carbonyl (C=O) groups is 2. The predicted molar refractivity (Wildman–Crippen MR) is 84.1 cm³/mol. The maximum Gasteiger partial charge on any atom is 0.242 e. The minimum atomic E-state index is -0.386. The van der Waals surface area contributed by atoms with E-state index < -0.39 is 0 Å². The van der Waals surface area contributed by atoms with Gasteiger partial charge in [0.15, 0.2) is 0 Å². The molecule has 2 amide bonds. The molecule has 1 fully saturated rings. The van der Waals surface area contributed by atoms with Crippen molar-refractivity contribution in [3.8, 4) is 0 Å². The summed E-state index contributed by atoms with van der Waals surface area (Å²) in [5, 5.41) is 11.8. The zero-order chi connectivity index (χ0) is 16.8. The molecular formula is C17H23FN2O3. The summed E-state index contributed by atoms with van der Waals surface area (Å²) in [6, 6.07) is 5.96. The normalized spacial score (nSPS) is 21.1. The van der Waals surface area contributed by atoms with Crippen LogP contribution in [0.5, 0.6) is 0 Å².